The molecule has 0 atom stereocenters. The molecule has 3 heteroatoms. The van der Waals surface area contributed by atoms with E-state index in [0.717, 1.165) is 16.0 Å². The molecule has 0 aromatic heterocycles. The summed E-state index contributed by atoms with van der Waals surface area (Å²) in [6, 6.07) is 6.54. The summed E-state index contributed by atoms with van der Waals surface area (Å²) in [5.74, 6) is 1.55. The van der Waals surface area contributed by atoms with Gasteiger partial charge in [0.2, 0.25) is 6.79 Å². The minimum Gasteiger partial charge on any atom is -0.454 e. The monoisotopic (exact) mass is 199 g/mol. The van der Waals surface area contributed by atoms with Crippen LogP contribution in [0, 0.1) is 6.07 Å². The number of fused-ring (bicyclic) bond motifs is 1. The summed E-state index contributed by atoms with van der Waals surface area (Å²) in [5, 5.41) is 0. The van der Waals surface area contributed by atoms with Crippen LogP contribution in [0.25, 0.3) is 0 Å². The van der Waals surface area contributed by atoms with Crippen LogP contribution in [0.2, 0.25) is 0 Å². The zero-order valence-corrected chi connectivity index (χ0v) is 6.64. The Morgan fingerprint density at radius 2 is 2.20 bits per heavy atom. The molecule has 0 saturated carbocycles. The van der Waals surface area contributed by atoms with Gasteiger partial charge < -0.3 is 9.47 Å². The van der Waals surface area contributed by atoms with Gasteiger partial charge in [-0.3, -0.25) is 0 Å². The summed E-state index contributed by atoms with van der Waals surface area (Å²) in [6.07, 6.45) is 0. The van der Waals surface area contributed by atoms with Crippen molar-refractivity contribution in [3.8, 4) is 11.5 Å². The van der Waals surface area contributed by atoms with Gasteiger partial charge in [-0.25, -0.2) is 0 Å². The second kappa shape index (κ2) is 2.16. The molecule has 0 fully saturated rings. The maximum atomic E-state index is 5.11. The molecule has 1 heterocycles. The lowest BCUT2D eigenvalue weighted by Gasteiger charge is -1.93. The predicted octanol–water partition coefficient (Wildman–Crippen LogP) is 1.98. The second-order valence-corrected chi connectivity index (χ2v) is 2.77. The molecule has 2 nitrogen and oxygen atoms in total. The molecule has 1 aromatic rings. The summed E-state index contributed by atoms with van der Waals surface area (Å²) in [7, 11) is 0. The maximum Gasteiger partial charge on any atom is 0.231 e. The van der Waals surface area contributed by atoms with Crippen molar-refractivity contribution in [1.82, 2.24) is 0 Å². The Labute approximate surface area is 66.9 Å². The summed E-state index contributed by atoms with van der Waals surface area (Å²) >= 11 is 3.27. The van der Waals surface area contributed by atoms with E-state index in [2.05, 4.69) is 22.0 Å². The topological polar surface area (TPSA) is 18.5 Å². The van der Waals surface area contributed by atoms with Gasteiger partial charge >= 0.3 is 0 Å². The fourth-order valence-electron chi connectivity index (χ4n) is 0.816. The minimum absolute atomic E-state index is 0.319. The van der Waals surface area contributed by atoms with Crippen LogP contribution in [0.15, 0.2) is 16.6 Å². The van der Waals surface area contributed by atoms with Gasteiger partial charge in [0.05, 0.1) is 0 Å². The van der Waals surface area contributed by atoms with E-state index in [-0.39, 0.29) is 0 Å². The Morgan fingerprint density at radius 1 is 1.40 bits per heavy atom. The molecule has 1 aliphatic heterocycles. The third-order valence-electron chi connectivity index (χ3n) is 1.27. The van der Waals surface area contributed by atoms with Crippen LogP contribution in [0.4, 0.5) is 0 Å². The van der Waals surface area contributed by atoms with Crippen molar-refractivity contribution in [3.05, 3.63) is 22.7 Å². The average molecular weight is 200 g/mol. The van der Waals surface area contributed by atoms with E-state index in [1.54, 1.807) is 6.07 Å². The first-order chi connectivity index (χ1) is 4.86. The number of halogens is 1. The van der Waals surface area contributed by atoms with Crippen molar-refractivity contribution >= 4 is 15.9 Å². The molecule has 10 heavy (non-hydrogen) atoms. The van der Waals surface area contributed by atoms with Crippen LogP contribution >= 0.6 is 15.9 Å². The molecule has 1 aliphatic rings. The first kappa shape index (κ1) is 6.04. The van der Waals surface area contributed by atoms with E-state index in [4.69, 9.17) is 9.47 Å². The van der Waals surface area contributed by atoms with Gasteiger partial charge in [0.1, 0.15) is 0 Å². The summed E-state index contributed by atoms with van der Waals surface area (Å²) < 4.78 is 11.1. The van der Waals surface area contributed by atoms with Crippen LogP contribution in [-0.2, 0) is 0 Å². The van der Waals surface area contributed by atoms with E-state index >= 15 is 0 Å². The molecule has 0 N–H and O–H groups in total. The van der Waals surface area contributed by atoms with Crippen molar-refractivity contribution in [1.29, 1.82) is 0 Å². The molecule has 0 unspecified atom stereocenters. The fraction of sp³-hybridized carbons (Fsp3) is 0.143. The quantitative estimate of drug-likeness (QED) is 0.637. The smallest absolute Gasteiger partial charge is 0.231 e. The lowest BCUT2D eigenvalue weighted by Crippen LogP contribution is -1.92. The molecule has 51 valence electrons. The van der Waals surface area contributed by atoms with E-state index in [1.165, 1.54) is 0 Å². The summed E-state index contributed by atoms with van der Waals surface area (Å²) in [4.78, 5) is 0. The highest BCUT2D eigenvalue weighted by Crippen LogP contribution is 2.33. The normalized spacial score (nSPS) is 13.7. The molecule has 1 radical (unpaired) electrons. The first-order valence-electron chi connectivity index (χ1n) is 2.83. The molecule has 0 saturated heterocycles. The summed E-state index contributed by atoms with van der Waals surface area (Å²) in [6.45, 7) is 0.319. The van der Waals surface area contributed by atoms with Gasteiger partial charge in [0, 0.05) is 10.5 Å². The Kier molecular flexibility index (Phi) is 1.31. The van der Waals surface area contributed by atoms with Crippen LogP contribution in [0.3, 0.4) is 0 Å². The zero-order chi connectivity index (χ0) is 6.97. The Morgan fingerprint density at radius 3 is 3.10 bits per heavy atom. The largest absolute Gasteiger partial charge is 0.454 e. The third kappa shape index (κ3) is 0.865. The van der Waals surface area contributed by atoms with Gasteiger partial charge in [0.25, 0.3) is 0 Å². The standard InChI is InChI=1S/C7H4BrO2/c8-5-1-2-6-7(3-5)10-4-9-6/h2-3H,4H2. The Bertz CT molecular complexity index is 260. The molecular weight excluding hydrogens is 196 g/mol. The van der Waals surface area contributed by atoms with Gasteiger partial charge in [-0.2, -0.15) is 0 Å². The number of hydrogen-bond acceptors (Lipinski definition) is 2. The van der Waals surface area contributed by atoms with Crippen LogP contribution in [-0.4, -0.2) is 6.79 Å². The molecule has 2 rings (SSSR count). The van der Waals surface area contributed by atoms with Crippen molar-refractivity contribution in [2.24, 2.45) is 0 Å². The van der Waals surface area contributed by atoms with Crippen molar-refractivity contribution in [2.45, 2.75) is 0 Å². The zero-order valence-electron chi connectivity index (χ0n) is 5.06. The number of rotatable bonds is 0. The lowest BCUT2D eigenvalue weighted by atomic mass is 10.3. The number of benzene rings is 1. The van der Waals surface area contributed by atoms with Gasteiger partial charge in [-0.05, 0) is 12.1 Å². The molecule has 0 amide bonds. The predicted molar refractivity (Wildman–Crippen MR) is 39.1 cm³/mol. The van der Waals surface area contributed by atoms with E-state index < -0.39 is 0 Å². The van der Waals surface area contributed by atoms with Crippen LogP contribution in [0.5, 0.6) is 11.5 Å². The highest BCUT2D eigenvalue weighted by Gasteiger charge is 2.11. The van der Waals surface area contributed by atoms with E-state index in [9.17, 15) is 0 Å². The van der Waals surface area contributed by atoms with Gasteiger partial charge in [-0.15, -0.1) is 0 Å². The van der Waals surface area contributed by atoms with E-state index in [0.29, 0.717) is 6.79 Å². The van der Waals surface area contributed by atoms with E-state index in [1.807, 2.05) is 6.07 Å². The van der Waals surface area contributed by atoms with Crippen molar-refractivity contribution in [2.75, 3.05) is 6.79 Å². The van der Waals surface area contributed by atoms with Crippen LogP contribution < -0.4 is 9.47 Å². The third-order valence-corrected chi connectivity index (χ3v) is 1.73. The molecule has 0 spiro atoms. The van der Waals surface area contributed by atoms with Crippen molar-refractivity contribution in [3.63, 3.8) is 0 Å². The fourth-order valence-corrected chi connectivity index (χ4v) is 1.14. The van der Waals surface area contributed by atoms with Gasteiger partial charge in [-0.1, -0.05) is 15.9 Å². The Balaban J connectivity index is 2.52. The molecular formula is C7H4BrO2. The minimum atomic E-state index is 0.319. The van der Waals surface area contributed by atoms with Crippen LogP contribution in [0.1, 0.15) is 0 Å². The number of ether oxygens (including phenoxy) is 2. The highest BCUT2D eigenvalue weighted by atomic mass is 79.9. The second-order valence-electron chi connectivity index (χ2n) is 1.92. The van der Waals surface area contributed by atoms with Crippen molar-refractivity contribution < 1.29 is 9.47 Å². The summed E-state index contributed by atoms with van der Waals surface area (Å²) in [5.41, 5.74) is 0. The highest BCUT2D eigenvalue weighted by molar-refractivity contribution is 9.10. The first-order valence-corrected chi connectivity index (χ1v) is 3.62. The number of hydrogen-bond donors (Lipinski definition) is 0. The Hall–Kier alpha value is -0.700. The molecule has 0 aliphatic carbocycles. The van der Waals surface area contributed by atoms with Gasteiger partial charge in [0.15, 0.2) is 11.5 Å². The lowest BCUT2D eigenvalue weighted by molar-refractivity contribution is 0.174. The SMILES string of the molecule is Brc1[c]cc2c(c1)OCO2. The maximum absolute atomic E-state index is 5.11. The molecule has 1 aromatic carbocycles. The average Bonchev–Trinajstić information content (AvgIpc) is 2.33. The molecule has 0 bridgehead atoms.